The van der Waals surface area contributed by atoms with E-state index in [0.29, 0.717) is 6.42 Å². The average molecular weight is 255 g/mol. The highest BCUT2D eigenvalue weighted by molar-refractivity contribution is 5.97. The Balaban J connectivity index is 1.87. The summed E-state index contributed by atoms with van der Waals surface area (Å²) in [5, 5.41) is 0. The smallest absolute Gasteiger partial charge is 0.179 e. The number of hydrogen-bond donors (Lipinski definition) is 0. The van der Waals surface area contributed by atoms with Crippen LogP contribution in [0.1, 0.15) is 34.5 Å². The SMILES string of the molecule is COc1ccc(Cn2ccc3c2C(=O)CCC3)cc1. The highest BCUT2D eigenvalue weighted by atomic mass is 16.5. The minimum Gasteiger partial charge on any atom is -0.497 e. The number of benzene rings is 1. The number of rotatable bonds is 3. The van der Waals surface area contributed by atoms with E-state index >= 15 is 0 Å². The highest BCUT2D eigenvalue weighted by Crippen LogP contribution is 2.23. The number of ketones is 1. The zero-order valence-electron chi connectivity index (χ0n) is 11.1. The molecule has 0 unspecified atom stereocenters. The van der Waals surface area contributed by atoms with Crippen LogP contribution in [0.15, 0.2) is 36.5 Å². The third kappa shape index (κ3) is 2.28. The normalized spacial score (nSPS) is 14.3. The zero-order chi connectivity index (χ0) is 13.2. The first-order chi connectivity index (χ1) is 9.28. The number of carbonyl (C=O) groups is 1. The summed E-state index contributed by atoms with van der Waals surface area (Å²) >= 11 is 0. The predicted octanol–water partition coefficient (Wildman–Crippen LogP) is 3.06. The Morgan fingerprint density at radius 2 is 1.95 bits per heavy atom. The van der Waals surface area contributed by atoms with Crippen molar-refractivity contribution < 1.29 is 9.53 Å². The third-order valence-corrected chi connectivity index (χ3v) is 3.67. The predicted molar refractivity (Wildman–Crippen MR) is 73.8 cm³/mol. The number of ether oxygens (including phenoxy) is 1. The lowest BCUT2D eigenvalue weighted by atomic mass is 9.97. The number of Topliss-reactive ketones (excluding diaryl/α,β-unsaturated/α-hetero) is 1. The molecule has 0 atom stereocenters. The van der Waals surface area contributed by atoms with Crippen molar-refractivity contribution in [1.82, 2.24) is 4.57 Å². The molecule has 1 aliphatic rings. The molecule has 0 fully saturated rings. The van der Waals surface area contributed by atoms with Crippen molar-refractivity contribution in [2.24, 2.45) is 0 Å². The van der Waals surface area contributed by atoms with Gasteiger partial charge < -0.3 is 9.30 Å². The second-order valence-electron chi connectivity index (χ2n) is 4.94. The third-order valence-electron chi connectivity index (χ3n) is 3.67. The second-order valence-corrected chi connectivity index (χ2v) is 4.94. The lowest BCUT2D eigenvalue weighted by Crippen LogP contribution is -2.15. The van der Waals surface area contributed by atoms with Gasteiger partial charge in [0.25, 0.3) is 0 Å². The number of methoxy groups -OCH3 is 1. The van der Waals surface area contributed by atoms with E-state index in [1.165, 1.54) is 11.1 Å². The van der Waals surface area contributed by atoms with E-state index in [-0.39, 0.29) is 5.78 Å². The number of fused-ring (bicyclic) bond motifs is 1. The maximum atomic E-state index is 12.0. The van der Waals surface area contributed by atoms with Gasteiger partial charge in [0.15, 0.2) is 5.78 Å². The molecule has 0 radical (unpaired) electrons. The summed E-state index contributed by atoms with van der Waals surface area (Å²) in [7, 11) is 1.66. The van der Waals surface area contributed by atoms with Crippen LogP contribution in [0.3, 0.4) is 0 Å². The quantitative estimate of drug-likeness (QED) is 0.844. The summed E-state index contributed by atoms with van der Waals surface area (Å²) in [5.41, 5.74) is 3.28. The molecular formula is C16H17NO2. The number of hydrogen-bond acceptors (Lipinski definition) is 2. The minimum atomic E-state index is 0.278. The van der Waals surface area contributed by atoms with Crippen LogP contribution in [0.4, 0.5) is 0 Å². The Morgan fingerprint density at radius 3 is 2.68 bits per heavy atom. The van der Waals surface area contributed by atoms with E-state index in [1.54, 1.807) is 7.11 Å². The zero-order valence-corrected chi connectivity index (χ0v) is 11.1. The largest absolute Gasteiger partial charge is 0.497 e. The summed E-state index contributed by atoms with van der Waals surface area (Å²) in [6.07, 6.45) is 4.72. The van der Waals surface area contributed by atoms with Crippen LogP contribution in [0.2, 0.25) is 0 Å². The first-order valence-electron chi connectivity index (χ1n) is 6.62. The molecule has 0 aliphatic heterocycles. The lowest BCUT2D eigenvalue weighted by Gasteiger charge is -2.14. The van der Waals surface area contributed by atoms with Crippen LogP contribution in [0.5, 0.6) is 5.75 Å². The fraction of sp³-hybridized carbons (Fsp3) is 0.312. The van der Waals surface area contributed by atoms with Crippen LogP contribution < -0.4 is 4.74 Å². The molecule has 3 heteroatoms. The van der Waals surface area contributed by atoms with Crippen LogP contribution in [0.25, 0.3) is 0 Å². The molecule has 3 nitrogen and oxygen atoms in total. The standard InChI is InChI=1S/C16H17NO2/c1-19-14-7-5-12(6-8-14)11-17-10-9-13-3-2-4-15(18)16(13)17/h5-10H,2-4,11H2,1H3. The molecule has 2 aromatic rings. The molecule has 1 aromatic heterocycles. The van der Waals surface area contributed by atoms with Gasteiger partial charge in [-0.05, 0) is 42.2 Å². The molecule has 0 amide bonds. The van der Waals surface area contributed by atoms with Gasteiger partial charge in [0.1, 0.15) is 5.75 Å². The molecule has 3 rings (SSSR count). The molecule has 98 valence electrons. The molecule has 0 saturated carbocycles. The first-order valence-corrected chi connectivity index (χ1v) is 6.62. The first kappa shape index (κ1) is 12.0. The maximum absolute atomic E-state index is 12.0. The van der Waals surface area contributed by atoms with Gasteiger partial charge in [-0.2, -0.15) is 0 Å². The fourth-order valence-electron chi connectivity index (χ4n) is 2.68. The minimum absolute atomic E-state index is 0.278. The van der Waals surface area contributed by atoms with Gasteiger partial charge in [0.2, 0.25) is 0 Å². The Kier molecular flexibility index (Phi) is 3.11. The van der Waals surface area contributed by atoms with Gasteiger partial charge in [-0.25, -0.2) is 0 Å². The van der Waals surface area contributed by atoms with Crippen LogP contribution in [-0.2, 0) is 13.0 Å². The van der Waals surface area contributed by atoms with Gasteiger partial charge in [-0.15, -0.1) is 0 Å². The van der Waals surface area contributed by atoms with Gasteiger partial charge >= 0.3 is 0 Å². The lowest BCUT2D eigenvalue weighted by molar-refractivity contribution is 0.0963. The van der Waals surface area contributed by atoms with Gasteiger partial charge in [-0.1, -0.05) is 12.1 Å². The second kappa shape index (κ2) is 4.92. The van der Waals surface area contributed by atoms with Crippen molar-refractivity contribution in [2.75, 3.05) is 7.11 Å². The summed E-state index contributed by atoms with van der Waals surface area (Å²) in [6, 6.07) is 10.1. The Labute approximate surface area is 112 Å². The molecule has 19 heavy (non-hydrogen) atoms. The van der Waals surface area contributed by atoms with Gasteiger partial charge in [0, 0.05) is 19.2 Å². The molecule has 0 spiro atoms. The van der Waals surface area contributed by atoms with Gasteiger partial charge in [0.05, 0.1) is 12.8 Å². The van der Waals surface area contributed by atoms with Crippen molar-refractivity contribution in [3.8, 4) is 5.75 Å². The molecule has 0 N–H and O–H groups in total. The van der Waals surface area contributed by atoms with Crippen LogP contribution in [0, 0.1) is 0 Å². The molecule has 1 heterocycles. The van der Waals surface area contributed by atoms with E-state index in [4.69, 9.17) is 4.74 Å². The summed E-state index contributed by atoms with van der Waals surface area (Å²) in [6.45, 7) is 0.741. The van der Waals surface area contributed by atoms with Crippen LogP contribution in [-0.4, -0.2) is 17.5 Å². The van der Waals surface area contributed by atoms with E-state index < -0.39 is 0 Å². The van der Waals surface area contributed by atoms with Crippen molar-refractivity contribution in [2.45, 2.75) is 25.8 Å². The highest BCUT2D eigenvalue weighted by Gasteiger charge is 2.21. The number of aryl methyl sites for hydroxylation is 1. The summed E-state index contributed by atoms with van der Waals surface area (Å²) in [4.78, 5) is 12.0. The van der Waals surface area contributed by atoms with Crippen molar-refractivity contribution in [3.63, 3.8) is 0 Å². The average Bonchev–Trinajstić information content (AvgIpc) is 2.84. The molecule has 1 aromatic carbocycles. The molecule has 0 saturated heterocycles. The Bertz CT molecular complexity index is 596. The van der Waals surface area contributed by atoms with Crippen molar-refractivity contribution in [1.29, 1.82) is 0 Å². The summed E-state index contributed by atoms with van der Waals surface area (Å²) in [5.74, 6) is 1.13. The maximum Gasteiger partial charge on any atom is 0.179 e. The van der Waals surface area contributed by atoms with Crippen LogP contribution >= 0.6 is 0 Å². The Morgan fingerprint density at radius 1 is 1.16 bits per heavy atom. The van der Waals surface area contributed by atoms with Crippen molar-refractivity contribution in [3.05, 3.63) is 53.3 Å². The Hall–Kier alpha value is -2.03. The molecule has 1 aliphatic carbocycles. The molecule has 0 bridgehead atoms. The fourth-order valence-corrected chi connectivity index (χ4v) is 2.68. The number of aromatic nitrogens is 1. The van der Waals surface area contributed by atoms with Crippen molar-refractivity contribution >= 4 is 5.78 Å². The number of nitrogens with zero attached hydrogens (tertiary/aromatic N) is 1. The van der Waals surface area contributed by atoms with E-state index in [2.05, 4.69) is 10.6 Å². The molecular weight excluding hydrogens is 238 g/mol. The monoisotopic (exact) mass is 255 g/mol. The topological polar surface area (TPSA) is 31.2 Å². The van der Waals surface area contributed by atoms with E-state index in [1.807, 2.05) is 30.5 Å². The van der Waals surface area contributed by atoms with E-state index in [0.717, 1.165) is 30.8 Å². The van der Waals surface area contributed by atoms with Gasteiger partial charge in [-0.3, -0.25) is 4.79 Å². The number of carbonyl (C=O) groups excluding carboxylic acids is 1. The van der Waals surface area contributed by atoms with E-state index in [9.17, 15) is 4.79 Å². The summed E-state index contributed by atoms with van der Waals surface area (Å²) < 4.78 is 7.22.